The molecule has 0 aliphatic carbocycles. The van der Waals surface area contributed by atoms with Gasteiger partial charge in [0.25, 0.3) is 0 Å². The number of carboxylic acid groups (broad SMARTS) is 1. The van der Waals surface area contributed by atoms with E-state index in [9.17, 15) is 4.79 Å². The number of carbonyl (C=O) groups is 1. The fourth-order valence-electron chi connectivity index (χ4n) is 3.46. The molecule has 0 saturated carbocycles. The molecule has 0 heterocycles. The van der Waals surface area contributed by atoms with Gasteiger partial charge in [0.1, 0.15) is 0 Å². The van der Waals surface area contributed by atoms with Gasteiger partial charge in [-0.15, -0.1) is 0 Å². The molecule has 0 aromatic heterocycles. The predicted molar refractivity (Wildman–Crippen MR) is 126 cm³/mol. The molecule has 0 aromatic rings. The highest BCUT2D eigenvalue weighted by atomic mass is 16.4. The lowest BCUT2D eigenvalue weighted by Crippen LogP contribution is -1.93. The molecule has 0 radical (unpaired) electrons. The summed E-state index contributed by atoms with van der Waals surface area (Å²) in [4.78, 5) is 10.4. The van der Waals surface area contributed by atoms with E-state index in [1.54, 1.807) is 0 Å². The predicted octanol–water partition coefficient (Wildman–Crippen LogP) is 8.29. The van der Waals surface area contributed by atoms with Crippen molar-refractivity contribution in [1.82, 2.24) is 0 Å². The Labute approximate surface area is 181 Å². The Morgan fingerprint density at radius 2 is 0.897 bits per heavy atom. The maximum atomic E-state index is 10.4. The van der Waals surface area contributed by atoms with Crippen molar-refractivity contribution in [2.24, 2.45) is 0 Å². The van der Waals surface area contributed by atoms with Crippen LogP contribution in [0.25, 0.3) is 0 Å². The number of carboxylic acids is 1. The normalized spacial score (nSPS) is 10.1. The van der Waals surface area contributed by atoms with Gasteiger partial charge in [0.2, 0.25) is 0 Å². The first kappa shape index (κ1) is 27.6. The molecule has 0 atom stereocenters. The standard InChI is InChI=1S/C27H46O2/c1-2-3-4-5-6-7-8-9-10-11-12-13-14-15-16-17-18-19-20-21-22-23-24-25-26-27(28)29/h2-15,20-26H2,1H3,(H,28,29). The highest BCUT2D eigenvalue weighted by molar-refractivity contribution is 5.66. The molecule has 0 aromatic carbocycles. The summed E-state index contributed by atoms with van der Waals surface area (Å²) >= 11 is 0. The van der Waals surface area contributed by atoms with Gasteiger partial charge < -0.3 is 5.11 Å². The molecule has 0 bridgehead atoms. The molecule has 0 fully saturated rings. The van der Waals surface area contributed by atoms with Crippen LogP contribution in [0.3, 0.4) is 0 Å². The summed E-state index contributed by atoms with van der Waals surface area (Å²) in [7, 11) is 0. The Balaban J connectivity index is 3.22. The van der Waals surface area contributed by atoms with Crippen molar-refractivity contribution in [1.29, 1.82) is 0 Å². The highest BCUT2D eigenvalue weighted by Crippen LogP contribution is 2.12. The lowest BCUT2D eigenvalue weighted by atomic mass is 10.0. The smallest absolute Gasteiger partial charge is 0.303 e. The number of rotatable bonds is 20. The summed E-state index contributed by atoms with van der Waals surface area (Å²) in [6, 6.07) is 0. The molecule has 0 unspecified atom stereocenters. The van der Waals surface area contributed by atoms with E-state index in [4.69, 9.17) is 5.11 Å². The van der Waals surface area contributed by atoms with E-state index in [2.05, 4.69) is 30.6 Å². The second-order valence-electron chi connectivity index (χ2n) is 8.26. The Bertz CT molecular complexity index is 472. The Hall–Kier alpha value is -1.41. The van der Waals surface area contributed by atoms with Crippen molar-refractivity contribution < 1.29 is 9.90 Å². The molecule has 2 heteroatoms. The van der Waals surface area contributed by atoms with Crippen LogP contribution >= 0.6 is 0 Å². The van der Waals surface area contributed by atoms with E-state index < -0.39 is 5.97 Å². The minimum absolute atomic E-state index is 0.300. The average molecular weight is 403 g/mol. The second-order valence-corrected chi connectivity index (χ2v) is 8.26. The minimum Gasteiger partial charge on any atom is -0.481 e. The minimum atomic E-state index is -0.687. The zero-order chi connectivity index (χ0) is 21.3. The van der Waals surface area contributed by atoms with Gasteiger partial charge in [-0.05, 0) is 31.1 Å². The maximum absolute atomic E-state index is 10.4. The van der Waals surface area contributed by atoms with Crippen molar-refractivity contribution in [2.75, 3.05) is 0 Å². The van der Waals surface area contributed by atoms with Crippen LogP contribution < -0.4 is 0 Å². The fraction of sp³-hybridized carbons (Fsp3) is 0.815. The van der Waals surface area contributed by atoms with E-state index in [1.165, 1.54) is 83.5 Å². The lowest BCUT2D eigenvalue weighted by molar-refractivity contribution is -0.137. The van der Waals surface area contributed by atoms with Gasteiger partial charge in [0.05, 0.1) is 0 Å². The van der Waals surface area contributed by atoms with Crippen LogP contribution in [-0.2, 0) is 4.79 Å². The fourth-order valence-corrected chi connectivity index (χ4v) is 3.46. The third-order valence-electron chi connectivity index (χ3n) is 5.34. The van der Waals surface area contributed by atoms with Crippen LogP contribution in [0, 0.1) is 23.7 Å². The molecule has 166 valence electrons. The third kappa shape index (κ3) is 26.6. The van der Waals surface area contributed by atoms with Crippen LogP contribution in [0.4, 0.5) is 0 Å². The van der Waals surface area contributed by atoms with Crippen LogP contribution in [0.2, 0.25) is 0 Å². The molecular formula is C27H46O2. The summed E-state index contributed by atoms with van der Waals surface area (Å²) < 4.78 is 0. The number of unbranched alkanes of at least 4 members (excludes halogenated alkanes) is 18. The summed E-state index contributed by atoms with van der Waals surface area (Å²) in [5.74, 6) is 11.6. The zero-order valence-corrected chi connectivity index (χ0v) is 19.2. The van der Waals surface area contributed by atoms with Crippen molar-refractivity contribution >= 4 is 5.97 Å². The SMILES string of the molecule is CCCCCCCCCCCCCCCC#CC#CCCCCCCCC(=O)O. The van der Waals surface area contributed by atoms with Crippen molar-refractivity contribution in [2.45, 2.75) is 142 Å². The first-order valence-corrected chi connectivity index (χ1v) is 12.4. The summed E-state index contributed by atoms with van der Waals surface area (Å²) in [6.45, 7) is 2.28. The zero-order valence-electron chi connectivity index (χ0n) is 19.2. The van der Waals surface area contributed by atoms with Gasteiger partial charge in [0, 0.05) is 19.3 Å². The van der Waals surface area contributed by atoms with Crippen molar-refractivity contribution in [3.8, 4) is 23.7 Å². The Morgan fingerprint density at radius 1 is 0.552 bits per heavy atom. The van der Waals surface area contributed by atoms with Crippen LogP contribution in [-0.4, -0.2) is 11.1 Å². The van der Waals surface area contributed by atoms with Gasteiger partial charge in [-0.25, -0.2) is 0 Å². The maximum Gasteiger partial charge on any atom is 0.303 e. The lowest BCUT2D eigenvalue weighted by Gasteiger charge is -2.02. The summed E-state index contributed by atoms with van der Waals surface area (Å²) in [5.41, 5.74) is 0. The topological polar surface area (TPSA) is 37.3 Å². The first-order valence-electron chi connectivity index (χ1n) is 12.4. The molecular weight excluding hydrogens is 356 g/mol. The summed E-state index contributed by atoms with van der Waals surface area (Å²) in [5, 5.41) is 8.56. The van der Waals surface area contributed by atoms with Gasteiger partial charge in [0.15, 0.2) is 0 Å². The Kier molecular flexibility index (Phi) is 23.4. The van der Waals surface area contributed by atoms with E-state index >= 15 is 0 Å². The summed E-state index contributed by atoms with van der Waals surface area (Å²) in [6.07, 6.45) is 25.4. The molecule has 0 rings (SSSR count). The van der Waals surface area contributed by atoms with Gasteiger partial charge in [-0.3, -0.25) is 4.79 Å². The van der Waals surface area contributed by atoms with Crippen molar-refractivity contribution in [3.05, 3.63) is 0 Å². The quantitative estimate of drug-likeness (QED) is 0.164. The third-order valence-corrected chi connectivity index (χ3v) is 5.34. The van der Waals surface area contributed by atoms with Gasteiger partial charge in [-0.2, -0.15) is 0 Å². The van der Waals surface area contributed by atoms with Crippen LogP contribution in [0.5, 0.6) is 0 Å². The largest absolute Gasteiger partial charge is 0.481 e. The number of aliphatic carboxylic acids is 1. The molecule has 0 saturated heterocycles. The van der Waals surface area contributed by atoms with E-state index in [0.717, 1.165) is 44.9 Å². The van der Waals surface area contributed by atoms with Gasteiger partial charge in [-0.1, -0.05) is 115 Å². The van der Waals surface area contributed by atoms with Gasteiger partial charge >= 0.3 is 5.97 Å². The van der Waals surface area contributed by atoms with Crippen LogP contribution in [0.15, 0.2) is 0 Å². The number of hydrogen-bond donors (Lipinski definition) is 1. The number of hydrogen-bond acceptors (Lipinski definition) is 1. The molecule has 2 nitrogen and oxygen atoms in total. The van der Waals surface area contributed by atoms with E-state index in [0.29, 0.717) is 6.42 Å². The van der Waals surface area contributed by atoms with E-state index in [-0.39, 0.29) is 0 Å². The molecule has 0 aliphatic heterocycles. The second kappa shape index (κ2) is 24.6. The molecule has 29 heavy (non-hydrogen) atoms. The van der Waals surface area contributed by atoms with Crippen LogP contribution in [0.1, 0.15) is 142 Å². The molecule has 1 N–H and O–H groups in total. The average Bonchev–Trinajstić information content (AvgIpc) is 2.71. The molecule has 0 spiro atoms. The molecule has 0 amide bonds. The Morgan fingerprint density at radius 3 is 1.28 bits per heavy atom. The van der Waals surface area contributed by atoms with E-state index in [1.807, 2.05) is 0 Å². The first-order chi connectivity index (χ1) is 14.3. The monoisotopic (exact) mass is 402 g/mol. The molecule has 0 aliphatic rings. The van der Waals surface area contributed by atoms with Crippen molar-refractivity contribution in [3.63, 3.8) is 0 Å². The highest BCUT2D eigenvalue weighted by Gasteiger charge is 1.96.